The average molecular weight is 375 g/mol. The fraction of sp³-hybridized carbons (Fsp3) is 0.600. The lowest BCUT2D eigenvalue weighted by Gasteiger charge is -2.29. The molecule has 0 unspecified atom stereocenters. The van der Waals surface area contributed by atoms with Crippen LogP contribution in [-0.4, -0.2) is 13.6 Å². The Morgan fingerprint density at radius 2 is 1.94 bits per heavy atom. The summed E-state index contributed by atoms with van der Waals surface area (Å²) in [5.74, 6) is 0.885. The van der Waals surface area contributed by atoms with Gasteiger partial charge in [0.1, 0.15) is 0 Å². The second-order valence-corrected chi connectivity index (χ2v) is 6.77. The molecule has 0 spiro atoms. The summed E-state index contributed by atoms with van der Waals surface area (Å²) in [7, 11) is 2.23. The highest BCUT2D eigenvalue weighted by molar-refractivity contribution is 9.10. The van der Waals surface area contributed by atoms with Crippen LogP contribution >= 0.6 is 31.9 Å². The predicted molar refractivity (Wildman–Crippen MR) is 86.6 cm³/mol. The summed E-state index contributed by atoms with van der Waals surface area (Å²) in [6, 6.07) is 6.57. The van der Waals surface area contributed by atoms with E-state index in [0.29, 0.717) is 0 Å². The van der Waals surface area contributed by atoms with Crippen LogP contribution in [0.15, 0.2) is 22.7 Å². The SMILES string of the molecule is CN(CC1CCCCC1)c1ccc(Br)cc1CBr. The van der Waals surface area contributed by atoms with Crippen LogP contribution < -0.4 is 4.90 Å². The number of halogens is 2. The molecule has 1 aliphatic rings. The zero-order valence-corrected chi connectivity index (χ0v) is 14.1. The van der Waals surface area contributed by atoms with Crippen LogP contribution in [-0.2, 0) is 5.33 Å². The smallest absolute Gasteiger partial charge is 0.0405 e. The zero-order chi connectivity index (χ0) is 13.0. The van der Waals surface area contributed by atoms with Gasteiger partial charge in [-0.1, -0.05) is 51.1 Å². The van der Waals surface area contributed by atoms with Crippen LogP contribution in [0.1, 0.15) is 37.7 Å². The van der Waals surface area contributed by atoms with Gasteiger partial charge in [-0.15, -0.1) is 0 Å². The predicted octanol–water partition coefficient (Wildman–Crippen LogP) is 5.36. The molecule has 0 saturated heterocycles. The Morgan fingerprint density at radius 3 is 2.61 bits per heavy atom. The number of rotatable bonds is 4. The number of anilines is 1. The molecule has 1 nitrogen and oxygen atoms in total. The van der Waals surface area contributed by atoms with Gasteiger partial charge in [0.25, 0.3) is 0 Å². The normalized spacial score (nSPS) is 16.8. The first-order valence-electron chi connectivity index (χ1n) is 6.76. The number of nitrogens with zero attached hydrogens (tertiary/aromatic N) is 1. The summed E-state index contributed by atoms with van der Waals surface area (Å²) in [6.45, 7) is 1.20. The van der Waals surface area contributed by atoms with Crippen LogP contribution in [0.2, 0.25) is 0 Å². The van der Waals surface area contributed by atoms with Gasteiger partial charge in [0, 0.05) is 29.1 Å². The highest BCUT2D eigenvalue weighted by atomic mass is 79.9. The maximum Gasteiger partial charge on any atom is 0.0405 e. The standard InChI is InChI=1S/C15H21Br2N/c1-18(11-12-5-3-2-4-6-12)15-8-7-14(17)9-13(15)10-16/h7-9,12H,2-6,10-11H2,1H3. The molecule has 0 amide bonds. The molecule has 1 fully saturated rings. The van der Waals surface area contributed by atoms with Gasteiger partial charge in [-0.05, 0) is 42.5 Å². The van der Waals surface area contributed by atoms with Crippen molar-refractivity contribution in [3.05, 3.63) is 28.2 Å². The quantitative estimate of drug-likeness (QED) is 0.641. The Morgan fingerprint density at radius 1 is 1.22 bits per heavy atom. The van der Waals surface area contributed by atoms with Gasteiger partial charge in [0.2, 0.25) is 0 Å². The lowest BCUT2D eigenvalue weighted by Crippen LogP contribution is -2.27. The molecule has 1 saturated carbocycles. The van der Waals surface area contributed by atoms with Crippen LogP contribution in [0.25, 0.3) is 0 Å². The van der Waals surface area contributed by atoms with Crippen LogP contribution in [0.5, 0.6) is 0 Å². The van der Waals surface area contributed by atoms with Crippen molar-refractivity contribution < 1.29 is 0 Å². The van der Waals surface area contributed by atoms with Crippen LogP contribution in [0.3, 0.4) is 0 Å². The second-order valence-electron chi connectivity index (χ2n) is 5.29. The molecule has 1 aromatic carbocycles. The van der Waals surface area contributed by atoms with Crippen molar-refractivity contribution in [2.24, 2.45) is 5.92 Å². The van der Waals surface area contributed by atoms with Crippen molar-refractivity contribution >= 4 is 37.5 Å². The molecule has 0 radical (unpaired) electrons. The molecule has 2 rings (SSSR count). The maximum atomic E-state index is 3.59. The molecule has 3 heteroatoms. The minimum Gasteiger partial charge on any atom is -0.374 e. The molecule has 0 N–H and O–H groups in total. The molecule has 1 aliphatic carbocycles. The summed E-state index contributed by atoms with van der Waals surface area (Å²) in [6.07, 6.45) is 7.09. The first-order chi connectivity index (χ1) is 8.70. The van der Waals surface area contributed by atoms with Crippen LogP contribution in [0.4, 0.5) is 5.69 Å². The monoisotopic (exact) mass is 373 g/mol. The van der Waals surface area contributed by atoms with E-state index in [0.717, 1.165) is 15.7 Å². The number of hydrogen-bond acceptors (Lipinski definition) is 1. The molecule has 0 atom stereocenters. The van der Waals surface area contributed by atoms with E-state index < -0.39 is 0 Å². The van der Waals surface area contributed by atoms with Gasteiger partial charge in [-0.2, -0.15) is 0 Å². The van der Waals surface area contributed by atoms with Gasteiger partial charge in [0.15, 0.2) is 0 Å². The molecule has 0 aliphatic heterocycles. The number of benzene rings is 1. The Balaban J connectivity index is 2.05. The third-order valence-corrected chi connectivity index (χ3v) is 4.95. The molecular formula is C15H21Br2N. The highest BCUT2D eigenvalue weighted by Crippen LogP contribution is 2.29. The molecule has 0 heterocycles. The fourth-order valence-corrected chi connectivity index (χ4v) is 3.75. The Labute approximate surface area is 127 Å². The van der Waals surface area contributed by atoms with E-state index in [-0.39, 0.29) is 0 Å². The molecule has 0 aromatic heterocycles. The summed E-state index contributed by atoms with van der Waals surface area (Å²) in [5, 5.41) is 0.913. The minimum atomic E-state index is 0.885. The summed E-state index contributed by atoms with van der Waals surface area (Å²) < 4.78 is 1.16. The van der Waals surface area contributed by atoms with Crippen molar-refractivity contribution in [3.8, 4) is 0 Å². The van der Waals surface area contributed by atoms with Crippen LogP contribution in [0, 0.1) is 5.92 Å². The number of alkyl halides is 1. The second kappa shape index (κ2) is 6.95. The summed E-state index contributed by atoms with van der Waals surface area (Å²) in [5.41, 5.74) is 2.73. The maximum absolute atomic E-state index is 3.59. The molecule has 100 valence electrons. The summed E-state index contributed by atoms with van der Waals surface area (Å²) >= 11 is 7.13. The van der Waals surface area contributed by atoms with Gasteiger partial charge in [0.05, 0.1) is 0 Å². The Hall–Kier alpha value is -0.0200. The molecule has 1 aromatic rings. The van der Waals surface area contributed by atoms with E-state index in [1.165, 1.54) is 49.9 Å². The third kappa shape index (κ3) is 3.74. The lowest BCUT2D eigenvalue weighted by atomic mass is 9.89. The minimum absolute atomic E-state index is 0.885. The Kier molecular flexibility index (Phi) is 5.56. The Bertz CT molecular complexity index is 386. The van der Waals surface area contributed by atoms with Crippen molar-refractivity contribution in [3.63, 3.8) is 0 Å². The first kappa shape index (κ1) is 14.4. The third-order valence-electron chi connectivity index (χ3n) is 3.85. The van der Waals surface area contributed by atoms with Gasteiger partial charge in [-0.25, -0.2) is 0 Å². The molecule has 18 heavy (non-hydrogen) atoms. The average Bonchev–Trinajstić information content (AvgIpc) is 2.39. The van der Waals surface area contributed by atoms with E-state index in [4.69, 9.17) is 0 Å². The van der Waals surface area contributed by atoms with Gasteiger partial charge in [-0.3, -0.25) is 0 Å². The van der Waals surface area contributed by atoms with E-state index in [9.17, 15) is 0 Å². The van der Waals surface area contributed by atoms with Gasteiger partial charge < -0.3 is 4.90 Å². The molecule has 0 bridgehead atoms. The van der Waals surface area contributed by atoms with Crippen molar-refractivity contribution in [1.29, 1.82) is 0 Å². The topological polar surface area (TPSA) is 3.24 Å². The van der Waals surface area contributed by atoms with E-state index in [1.807, 2.05) is 0 Å². The first-order valence-corrected chi connectivity index (χ1v) is 8.67. The molecular weight excluding hydrogens is 354 g/mol. The largest absolute Gasteiger partial charge is 0.374 e. The van der Waals surface area contributed by atoms with E-state index in [2.05, 4.69) is 62.0 Å². The lowest BCUT2D eigenvalue weighted by molar-refractivity contribution is 0.362. The van der Waals surface area contributed by atoms with Crippen molar-refractivity contribution in [2.75, 3.05) is 18.5 Å². The number of hydrogen-bond donors (Lipinski definition) is 0. The highest BCUT2D eigenvalue weighted by Gasteiger charge is 2.16. The zero-order valence-electron chi connectivity index (χ0n) is 11.0. The van der Waals surface area contributed by atoms with Gasteiger partial charge >= 0.3 is 0 Å². The van der Waals surface area contributed by atoms with Crippen molar-refractivity contribution in [1.82, 2.24) is 0 Å². The summed E-state index contributed by atoms with van der Waals surface area (Å²) in [4.78, 5) is 2.43. The van der Waals surface area contributed by atoms with E-state index >= 15 is 0 Å². The van der Waals surface area contributed by atoms with E-state index in [1.54, 1.807) is 0 Å². The fourth-order valence-electron chi connectivity index (χ4n) is 2.89. The van der Waals surface area contributed by atoms with Crippen molar-refractivity contribution in [2.45, 2.75) is 37.4 Å².